The zero-order valence-corrected chi connectivity index (χ0v) is 11.3. The number of hydrogen-bond donors (Lipinski definition) is 2. The molecule has 5 heteroatoms. The molecule has 2 unspecified atom stereocenters. The smallest absolute Gasteiger partial charge is 0.238 e. The van der Waals surface area contributed by atoms with Crippen LogP contribution in [0, 0.1) is 0 Å². The molecule has 0 bridgehead atoms. The number of amides is 1. The summed E-state index contributed by atoms with van der Waals surface area (Å²) in [6, 6.07) is 0.721. The topological polar surface area (TPSA) is 67.6 Å². The van der Waals surface area contributed by atoms with Crippen LogP contribution in [0.5, 0.6) is 0 Å². The second-order valence-electron chi connectivity index (χ2n) is 5.33. The van der Waals surface area contributed by atoms with Crippen LogP contribution in [0.2, 0.25) is 0 Å². The predicted octanol–water partition coefficient (Wildman–Crippen LogP) is -0.0509. The molecule has 0 aliphatic heterocycles. The highest BCUT2D eigenvalue weighted by Gasteiger charge is 2.38. The van der Waals surface area contributed by atoms with Crippen LogP contribution in [0.15, 0.2) is 0 Å². The number of primary amides is 1. The first-order valence-electron chi connectivity index (χ1n) is 6.16. The Labute approximate surface area is 104 Å². The highest BCUT2D eigenvalue weighted by atomic mass is 16.5. The maximum atomic E-state index is 11.6. The van der Waals surface area contributed by atoms with E-state index in [2.05, 4.69) is 17.1 Å². The number of carbonyl (C=O) groups is 1. The summed E-state index contributed by atoms with van der Waals surface area (Å²) in [6.45, 7) is 5.20. The van der Waals surface area contributed by atoms with Gasteiger partial charge in [0.2, 0.25) is 5.91 Å². The molecule has 3 N–H and O–H groups in total. The Kier molecular flexibility index (Phi) is 4.91. The van der Waals surface area contributed by atoms with Gasteiger partial charge in [-0.05, 0) is 33.7 Å². The molecule has 1 fully saturated rings. The van der Waals surface area contributed by atoms with Crippen LogP contribution in [-0.2, 0) is 9.53 Å². The van der Waals surface area contributed by atoms with Crippen molar-refractivity contribution in [1.82, 2.24) is 10.2 Å². The molecule has 17 heavy (non-hydrogen) atoms. The minimum atomic E-state index is -0.655. The number of methoxy groups -OCH3 is 1. The number of nitrogens with two attached hydrogens (primary N) is 1. The van der Waals surface area contributed by atoms with Gasteiger partial charge < -0.3 is 10.5 Å². The lowest BCUT2D eigenvalue weighted by molar-refractivity contribution is -0.124. The minimum Gasteiger partial charge on any atom is -0.383 e. The van der Waals surface area contributed by atoms with E-state index in [0.717, 1.165) is 12.8 Å². The first-order valence-corrected chi connectivity index (χ1v) is 6.16. The fourth-order valence-electron chi connectivity index (χ4n) is 1.90. The van der Waals surface area contributed by atoms with Gasteiger partial charge in [0.25, 0.3) is 0 Å². The monoisotopic (exact) mass is 243 g/mol. The van der Waals surface area contributed by atoms with Crippen molar-refractivity contribution in [2.45, 2.75) is 44.3 Å². The highest BCUT2D eigenvalue weighted by Crippen LogP contribution is 2.23. The Balaban J connectivity index is 2.55. The first kappa shape index (κ1) is 14.4. The van der Waals surface area contributed by atoms with E-state index in [0.29, 0.717) is 19.2 Å². The molecule has 0 aromatic heterocycles. The van der Waals surface area contributed by atoms with Crippen molar-refractivity contribution in [3.05, 3.63) is 0 Å². The third-order valence-corrected chi connectivity index (χ3v) is 3.37. The largest absolute Gasteiger partial charge is 0.383 e. The van der Waals surface area contributed by atoms with Crippen LogP contribution in [0.3, 0.4) is 0 Å². The Morgan fingerprint density at radius 1 is 1.65 bits per heavy atom. The van der Waals surface area contributed by atoms with E-state index >= 15 is 0 Å². The summed E-state index contributed by atoms with van der Waals surface area (Å²) in [5.41, 5.74) is 4.86. The van der Waals surface area contributed by atoms with Gasteiger partial charge in [-0.15, -0.1) is 0 Å². The van der Waals surface area contributed by atoms with Crippen molar-refractivity contribution in [1.29, 1.82) is 0 Å². The van der Waals surface area contributed by atoms with Crippen LogP contribution in [0.1, 0.15) is 26.7 Å². The standard InChI is InChI=1S/C12H25N3O2/c1-9(7-17-4)15(3)8-12(2,11(13)16)14-10-5-6-10/h9-10,14H,5-8H2,1-4H3,(H2,13,16). The molecule has 5 nitrogen and oxygen atoms in total. The quantitative estimate of drug-likeness (QED) is 0.627. The van der Waals surface area contributed by atoms with Gasteiger partial charge >= 0.3 is 0 Å². The van der Waals surface area contributed by atoms with Crippen LogP contribution in [0.4, 0.5) is 0 Å². The lowest BCUT2D eigenvalue weighted by Gasteiger charge is -2.35. The second kappa shape index (κ2) is 5.80. The number of carbonyl (C=O) groups excluding carboxylic acids is 1. The van der Waals surface area contributed by atoms with Crippen LogP contribution >= 0.6 is 0 Å². The number of likely N-dealkylation sites (N-methyl/N-ethyl adjacent to an activating group) is 1. The van der Waals surface area contributed by atoms with E-state index in [1.54, 1.807) is 7.11 Å². The molecule has 1 aliphatic rings. The molecular formula is C12H25N3O2. The van der Waals surface area contributed by atoms with Crippen molar-refractivity contribution in [2.24, 2.45) is 5.73 Å². The summed E-state index contributed by atoms with van der Waals surface area (Å²) in [7, 11) is 3.67. The van der Waals surface area contributed by atoms with Crippen molar-refractivity contribution >= 4 is 5.91 Å². The van der Waals surface area contributed by atoms with Crippen LogP contribution in [-0.4, -0.2) is 55.7 Å². The number of rotatable bonds is 8. The molecule has 0 aromatic rings. The van der Waals surface area contributed by atoms with Crippen LogP contribution in [0.25, 0.3) is 0 Å². The van der Waals surface area contributed by atoms with E-state index in [1.165, 1.54) is 0 Å². The molecule has 1 saturated carbocycles. The molecule has 1 amide bonds. The molecule has 2 atom stereocenters. The average Bonchev–Trinajstić information content (AvgIpc) is 3.01. The number of hydrogen-bond acceptors (Lipinski definition) is 4. The van der Waals surface area contributed by atoms with Crippen molar-refractivity contribution in [3.8, 4) is 0 Å². The lowest BCUT2D eigenvalue weighted by atomic mass is 10.00. The Hall–Kier alpha value is -0.650. The lowest BCUT2D eigenvalue weighted by Crippen LogP contribution is -2.60. The summed E-state index contributed by atoms with van der Waals surface area (Å²) in [5, 5.41) is 3.34. The fourth-order valence-corrected chi connectivity index (χ4v) is 1.90. The summed E-state index contributed by atoms with van der Waals surface area (Å²) >= 11 is 0. The fraction of sp³-hybridized carbons (Fsp3) is 0.917. The molecule has 1 aliphatic carbocycles. The van der Waals surface area contributed by atoms with Crippen molar-refractivity contribution < 1.29 is 9.53 Å². The number of ether oxygens (including phenoxy) is 1. The van der Waals surface area contributed by atoms with Crippen molar-refractivity contribution in [2.75, 3.05) is 27.3 Å². The van der Waals surface area contributed by atoms with Gasteiger partial charge in [-0.25, -0.2) is 0 Å². The third kappa shape index (κ3) is 4.26. The summed E-state index contributed by atoms with van der Waals surface area (Å²) in [6.07, 6.45) is 2.28. The minimum absolute atomic E-state index is 0.264. The first-order chi connectivity index (χ1) is 7.89. The Morgan fingerprint density at radius 2 is 2.24 bits per heavy atom. The normalized spacial score (nSPS) is 21.2. The molecule has 0 radical (unpaired) electrons. The summed E-state index contributed by atoms with van der Waals surface area (Å²) < 4.78 is 5.11. The van der Waals surface area contributed by atoms with E-state index in [-0.39, 0.29) is 11.9 Å². The average molecular weight is 243 g/mol. The van der Waals surface area contributed by atoms with Crippen LogP contribution < -0.4 is 11.1 Å². The molecule has 0 heterocycles. The van der Waals surface area contributed by atoms with Gasteiger partial charge in [0.15, 0.2) is 0 Å². The van der Waals surface area contributed by atoms with Gasteiger partial charge in [-0.1, -0.05) is 0 Å². The van der Waals surface area contributed by atoms with E-state index in [9.17, 15) is 4.79 Å². The zero-order chi connectivity index (χ0) is 13.1. The van der Waals surface area contributed by atoms with E-state index in [1.807, 2.05) is 14.0 Å². The van der Waals surface area contributed by atoms with Gasteiger partial charge in [-0.2, -0.15) is 0 Å². The molecule has 0 saturated heterocycles. The molecule has 1 rings (SSSR count). The van der Waals surface area contributed by atoms with Gasteiger partial charge in [0, 0.05) is 25.7 Å². The maximum Gasteiger partial charge on any atom is 0.238 e. The Morgan fingerprint density at radius 3 is 2.65 bits per heavy atom. The zero-order valence-electron chi connectivity index (χ0n) is 11.3. The molecule has 0 spiro atoms. The van der Waals surface area contributed by atoms with Gasteiger partial charge in [0.1, 0.15) is 5.54 Å². The SMILES string of the molecule is COCC(C)N(C)CC(C)(NC1CC1)C(N)=O. The molecule has 100 valence electrons. The highest BCUT2D eigenvalue weighted by molar-refractivity contribution is 5.84. The summed E-state index contributed by atoms with van der Waals surface area (Å²) in [5.74, 6) is -0.291. The van der Waals surface area contributed by atoms with Gasteiger partial charge in [-0.3, -0.25) is 15.0 Å². The van der Waals surface area contributed by atoms with Gasteiger partial charge in [0.05, 0.1) is 6.61 Å². The Bertz CT molecular complexity index is 268. The summed E-state index contributed by atoms with van der Waals surface area (Å²) in [4.78, 5) is 13.7. The van der Waals surface area contributed by atoms with Crippen molar-refractivity contribution in [3.63, 3.8) is 0 Å². The number of nitrogens with one attached hydrogen (secondary N) is 1. The van der Waals surface area contributed by atoms with E-state index < -0.39 is 5.54 Å². The second-order valence-corrected chi connectivity index (χ2v) is 5.33. The van der Waals surface area contributed by atoms with E-state index in [4.69, 9.17) is 10.5 Å². The molecular weight excluding hydrogens is 218 g/mol. The maximum absolute atomic E-state index is 11.6. The number of nitrogens with zero attached hydrogens (tertiary/aromatic N) is 1. The molecule has 0 aromatic carbocycles. The predicted molar refractivity (Wildman–Crippen MR) is 67.7 cm³/mol. The third-order valence-electron chi connectivity index (χ3n) is 3.37.